The number of rotatable bonds is 1. The molecule has 1 aliphatic heterocycles. The van der Waals surface area contributed by atoms with Crippen LogP contribution in [-0.4, -0.2) is 5.11 Å². The molecule has 5 heteroatoms. The maximum absolute atomic E-state index is 13.2. The fourth-order valence-electron chi connectivity index (χ4n) is 2.38. The fraction of sp³-hybridized carbons (Fsp3) is 0.200. The second kappa shape index (κ2) is 4.83. The van der Waals surface area contributed by atoms with Crippen molar-refractivity contribution in [2.24, 2.45) is 0 Å². The number of aliphatic hydroxyl groups excluding tert-OH is 1. The van der Waals surface area contributed by atoms with Crippen molar-refractivity contribution in [2.75, 3.05) is 0 Å². The van der Waals surface area contributed by atoms with E-state index in [1.54, 1.807) is 0 Å². The molecule has 0 bridgehead atoms. The van der Waals surface area contributed by atoms with Gasteiger partial charge in [0.1, 0.15) is 29.3 Å². The maximum atomic E-state index is 13.2. The van der Waals surface area contributed by atoms with E-state index in [9.17, 15) is 18.3 Å². The molecule has 0 radical (unpaired) electrons. The van der Waals surface area contributed by atoms with Crippen molar-refractivity contribution >= 4 is 0 Å². The molecule has 20 heavy (non-hydrogen) atoms. The Morgan fingerprint density at radius 3 is 2.35 bits per heavy atom. The lowest BCUT2D eigenvalue weighted by Gasteiger charge is -2.30. The summed E-state index contributed by atoms with van der Waals surface area (Å²) in [4.78, 5) is 0. The highest BCUT2D eigenvalue weighted by Crippen LogP contribution is 2.41. The van der Waals surface area contributed by atoms with Crippen LogP contribution in [-0.2, 0) is 0 Å². The number of hydrogen-bond acceptors (Lipinski definition) is 2. The summed E-state index contributed by atoms with van der Waals surface area (Å²) in [5.74, 6) is -1.74. The van der Waals surface area contributed by atoms with Gasteiger partial charge in [-0.05, 0) is 29.8 Å². The van der Waals surface area contributed by atoms with Crippen molar-refractivity contribution < 1.29 is 23.0 Å². The summed E-state index contributed by atoms with van der Waals surface area (Å²) < 4.78 is 45.2. The lowest BCUT2D eigenvalue weighted by molar-refractivity contribution is 0.0650. The van der Waals surface area contributed by atoms with Crippen molar-refractivity contribution in [3.05, 3.63) is 65.0 Å². The molecule has 1 aliphatic rings. The van der Waals surface area contributed by atoms with E-state index >= 15 is 0 Å². The average Bonchev–Trinajstić information content (AvgIpc) is 2.36. The zero-order valence-electron chi connectivity index (χ0n) is 10.3. The lowest BCUT2D eigenvalue weighted by atomic mass is 9.95. The Morgan fingerprint density at radius 1 is 0.950 bits per heavy atom. The van der Waals surface area contributed by atoms with Crippen LogP contribution in [0.3, 0.4) is 0 Å². The molecule has 0 amide bonds. The summed E-state index contributed by atoms with van der Waals surface area (Å²) in [5, 5.41) is 10.0. The molecule has 0 aromatic heterocycles. The van der Waals surface area contributed by atoms with Crippen LogP contribution < -0.4 is 4.74 Å². The van der Waals surface area contributed by atoms with E-state index in [1.807, 2.05) is 0 Å². The van der Waals surface area contributed by atoms with E-state index < -0.39 is 29.7 Å². The number of hydrogen-bond donors (Lipinski definition) is 1. The summed E-state index contributed by atoms with van der Waals surface area (Å²) in [6, 6.07) is 6.87. The molecule has 0 saturated heterocycles. The molecule has 2 nitrogen and oxygen atoms in total. The van der Waals surface area contributed by atoms with Gasteiger partial charge in [-0.2, -0.15) is 0 Å². The molecule has 1 heterocycles. The molecule has 0 aliphatic carbocycles. The van der Waals surface area contributed by atoms with E-state index in [0.29, 0.717) is 5.56 Å². The second-order valence-electron chi connectivity index (χ2n) is 4.74. The SMILES string of the molecule is O[C@@H]1CC(c2cc(F)cc(F)c2)Oc2cc(F)ccc21. The van der Waals surface area contributed by atoms with Crippen LogP contribution in [0.4, 0.5) is 13.2 Å². The summed E-state index contributed by atoms with van der Waals surface area (Å²) in [5.41, 5.74) is 0.746. The Morgan fingerprint density at radius 2 is 1.65 bits per heavy atom. The first-order valence-electron chi connectivity index (χ1n) is 6.13. The summed E-state index contributed by atoms with van der Waals surface area (Å²) in [6.07, 6.45) is -1.43. The summed E-state index contributed by atoms with van der Waals surface area (Å²) >= 11 is 0. The van der Waals surface area contributed by atoms with E-state index in [-0.39, 0.29) is 17.7 Å². The molecule has 104 valence electrons. The Labute approximate surface area is 113 Å². The van der Waals surface area contributed by atoms with Crippen LogP contribution >= 0.6 is 0 Å². The summed E-state index contributed by atoms with van der Waals surface area (Å²) in [6.45, 7) is 0. The molecule has 2 aromatic carbocycles. The van der Waals surface area contributed by atoms with Crippen LogP contribution in [0.1, 0.15) is 29.8 Å². The number of fused-ring (bicyclic) bond motifs is 1. The topological polar surface area (TPSA) is 29.5 Å². The molecule has 0 saturated carbocycles. The van der Waals surface area contributed by atoms with Gasteiger partial charge in [-0.3, -0.25) is 0 Å². The molecule has 2 atom stereocenters. The Hall–Kier alpha value is -2.01. The molecule has 0 fully saturated rings. The van der Waals surface area contributed by atoms with Gasteiger partial charge in [-0.1, -0.05) is 0 Å². The molecule has 1 N–H and O–H groups in total. The quantitative estimate of drug-likeness (QED) is 0.863. The van der Waals surface area contributed by atoms with Crippen molar-refractivity contribution in [2.45, 2.75) is 18.6 Å². The van der Waals surface area contributed by atoms with Crippen LogP contribution in [0.15, 0.2) is 36.4 Å². The fourth-order valence-corrected chi connectivity index (χ4v) is 2.38. The maximum Gasteiger partial charge on any atom is 0.128 e. The summed E-state index contributed by atoms with van der Waals surface area (Å²) in [7, 11) is 0. The van der Waals surface area contributed by atoms with Gasteiger partial charge in [-0.15, -0.1) is 0 Å². The minimum Gasteiger partial charge on any atom is -0.485 e. The van der Waals surface area contributed by atoms with E-state index in [0.717, 1.165) is 24.3 Å². The molecular weight excluding hydrogens is 269 g/mol. The van der Waals surface area contributed by atoms with Crippen LogP contribution in [0.25, 0.3) is 0 Å². The number of ether oxygens (including phenoxy) is 1. The molecule has 1 unspecified atom stereocenters. The zero-order chi connectivity index (χ0) is 14.3. The average molecular weight is 280 g/mol. The van der Waals surface area contributed by atoms with Gasteiger partial charge in [-0.25, -0.2) is 13.2 Å². The third-order valence-corrected chi connectivity index (χ3v) is 3.30. The smallest absolute Gasteiger partial charge is 0.128 e. The van der Waals surface area contributed by atoms with Gasteiger partial charge in [0.2, 0.25) is 0 Å². The molecule has 3 rings (SSSR count). The van der Waals surface area contributed by atoms with E-state index in [2.05, 4.69) is 0 Å². The van der Waals surface area contributed by atoms with Gasteiger partial charge < -0.3 is 9.84 Å². The van der Waals surface area contributed by atoms with Gasteiger partial charge in [0.05, 0.1) is 6.10 Å². The number of aliphatic hydroxyl groups is 1. The normalized spacial score (nSPS) is 21.2. The van der Waals surface area contributed by atoms with Gasteiger partial charge in [0, 0.05) is 24.1 Å². The third kappa shape index (κ3) is 2.36. The van der Waals surface area contributed by atoms with Crippen LogP contribution in [0.5, 0.6) is 5.75 Å². The van der Waals surface area contributed by atoms with E-state index in [4.69, 9.17) is 4.74 Å². The largest absolute Gasteiger partial charge is 0.485 e. The first-order valence-corrected chi connectivity index (χ1v) is 6.13. The minimum atomic E-state index is -0.865. The third-order valence-electron chi connectivity index (χ3n) is 3.30. The minimum absolute atomic E-state index is 0.154. The monoisotopic (exact) mass is 280 g/mol. The van der Waals surface area contributed by atoms with Crippen molar-refractivity contribution in [3.63, 3.8) is 0 Å². The standard InChI is InChI=1S/C15H11F3O2/c16-9-1-2-12-13(19)7-14(20-15(12)6-9)8-3-10(17)5-11(18)4-8/h1-6,13-14,19H,7H2/t13-,14?/m1/s1. The highest BCUT2D eigenvalue weighted by Gasteiger charge is 2.28. The highest BCUT2D eigenvalue weighted by molar-refractivity contribution is 5.39. The Kier molecular flexibility index (Phi) is 3.14. The van der Waals surface area contributed by atoms with E-state index in [1.165, 1.54) is 12.1 Å². The van der Waals surface area contributed by atoms with Gasteiger partial charge in [0.25, 0.3) is 0 Å². The second-order valence-corrected chi connectivity index (χ2v) is 4.74. The zero-order valence-corrected chi connectivity index (χ0v) is 10.3. The van der Waals surface area contributed by atoms with Crippen molar-refractivity contribution in [3.8, 4) is 5.75 Å². The molecule has 0 spiro atoms. The lowest BCUT2D eigenvalue weighted by Crippen LogP contribution is -2.19. The predicted molar refractivity (Wildman–Crippen MR) is 65.7 cm³/mol. The first-order chi connectivity index (χ1) is 9.52. The highest BCUT2D eigenvalue weighted by atomic mass is 19.1. The van der Waals surface area contributed by atoms with Crippen molar-refractivity contribution in [1.29, 1.82) is 0 Å². The Bertz CT molecular complexity index is 637. The van der Waals surface area contributed by atoms with Gasteiger partial charge in [0.15, 0.2) is 0 Å². The Balaban J connectivity index is 1.98. The first kappa shape index (κ1) is 13.0. The van der Waals surface area contributed by atoms with Crippen LogP contribution in [0.2, 0.25) is 0 Å². The molecular formula is C15H11F3O2. The van der Waals surface area contributed by atoms with Gasteiger partial charge >= 0.3 is 0 Å². The van der Waals surface area contributed by atoms with Crippen LogP contribution in [0, 0.1) is 17.5 Å². The number of halogens is 3. The molecule has 2 aromatic rings. The number of benzene rings is 2. The van der Waals surface area contributed by atoms with Crippen molar-refractivity contribution in [1.82, 2.24) is 0 Å². The predicted octanol–water partition coefficient (Wildman–Crippen LogP) is 3.66.